The first kappa shape index (κ1) is 18.0. The van der Waals surface area contributed by atoms with Gasteiger partial charge < -0.3 is 10.2 Å². The number of nitrogens with zero attached hydrogens (tertiary/aromatic N) is 2. The zero-order valence-electron chi connectivity index (χ0n) is 15.3. The van der Waals surface area contributed by atoms with Crippen LogP contribution in [0.5, 0.6) is 0 Å². The van der Waals surface area contributed by atoms with E-state index in [0.717, 1.165) is 30.5 Å². The van der Waals surface area contributed by atoms with E-state index in [1.54, 1.807) is 0 Å². The molecule has 2 atom stereocenters. The van der Waals surface area contributed by atoms with Crippen LogP contribution in [0.25, 0.3) is 0 Å². The predicted octanol–water partition coefficient (Wildman–Crippen LogP) is 2.81. The molecule has 2 unspecified atom stereocenters. The van der Waals surface area contributed by atoms with Crippen LogP contribution in [0.15, 0.2) is 6.07 Å². The third-order valence-corrected chi connectivity index (χ3v) is 4.50. The summed E-state index contributed by atoms with van der Waals surface area (Å²) in [6, 6.07) is 1.85. The molecule has 1 aliphatic heterocycles. The average Bonchev–Trinajstić information content (AvgIpc) is 2.92. The van der Waals surface area contributed by atoms with Crippen LogP contribution in [0, 0.1) is 11.8 Å². The maximum Gasteiger partial charge on any atom is 0.271 e. The molecule has 1 aromatic rings. The Morgan fingerprint density at radius 1 is 1.35 bits per heavy atom. The highest BCUT2D eigenvalue weighted by atomic mass is 16.1. The fourth-order valence-electron chi connectivity index (χ4n) is 3.39. The molecule has 5 heteroatoms. The molecule has 1 aliphatic rings. The molecule has 1 aromatic heterocycles. The number of rotatable bonds is 5. The molecule has 1 amide bonds. The highest BCUT2D eigenvalue weighted by Gasteiger charge is 2.21. The molecular weight excluding hydrogens is 288 g/mol. The van der Waals surface area contributed by atoms with Crippen LogP contribution >= 0.6 is 0 Å². The molecule has 0 radical (unpaired) electrons. The van der Waals surface area contributed by atoms with Gasteiger partial charge in [-0.3, -0.25) is 9.89 Å². The monoisotopic (exact) mass is 320 g/mol. The molecule has 2 N–H and O–H groups in total. The van der Waals surface area contributed by atoms with E-state index in [1.807, 2.05) is 6.07 Å². The number of aromatic nitrogens is 2. The highest BCUT2D eigenvalue weighted by Crippen LogP contribution is 2.21. The first-order valence-corrected chi connectivity index (χ1v) is 8.82. The Morgan fingerprint density at radius 3 is 2.57 bits per heavy atom. The summed E-state index contributed by atoms with van der Waals surface area (Å²) < 4.78 is 0. The largest absolute Gasteiger partial charge is 0.351 e. The number of carbonyl (C=O) groups excluding carboxylic acids is 1. The fraction of sp³-hybridized carbons (Fsp3) is 0.778. The predicted molar refractivity (Wildman–Crippen MR) is 93.6 cm³/mol. The van der Waals surface area contributed by atoms with Gasteiger partial charge in [0.15, 0.2) is 0 Å². The first-order chi connectivity index (χ1) is 10.8. The Kier molecular flexibility index (Phi) is 5.84. The normalized spacial score (nSPS) is 23.0. The minimum absolute atomic E-state index is 0.0207. The van der Waals surface area contributed by atoms with Gasteiger partial charge in [0, 0.05) is 30.7 Å². The smallest absolute Gasteiger partial charge is 0.271 e. The maximum atomic E-state index is 12.1. The van der Waals surface area contributed by atoms with E-state index >= 15 is 0 Å². The lowest BCUT2D eigenvalue weighted by Gasteiger charge is -2.34. The molecule has 0 aliphatic carbocycles. The Bertz CT molecular complexity index is 507. The summed E-state index contributed by atoms with van der Waals surface area (Å²) in [6.45, 7) is 15.1. The van der Waals surface area contributed by atoms with Gasteiger partial charge in [0.05, 0.1) is 0 Å². The third kappa shape index (κ3) is 5.34. The van der Waals surface area contributed by atoms with E-state index in [0.29, 0.717) is 12.2 Å². The molecule has 2 rings (SSSR count). The third-order valence-electron chi connectivity index (χ3n) is 4.50. The van der Waals surface area contributed by atoms with E-state index in [-0.39, 0.29) is 11.3 Å². The number of amides is 1. The molecular formula is C18H32N4O. The number of hydrogen-bond donors (Lipinski definition) is 2. The van der Waals surface area contributed by atoms with Gasteiger partial charge in [-0.2, -0.15) is 5.10 Å². The second-order valence-corrected chi connectivity index (χ2v) is 8.23. The summed E-state index contributed by atoms with van der Waals surface area (Å²) in [7, 11) is 0. The van der Waals surface area contributed by atoms with Crippen LogP contribution < -0.4 is 5.32 Å². The van der Waals surface area contributed by atoms with Crippen molar-refractivity contribution in [2.24, 2.45) is 11.8 Å². The lowest BCUT2D eigenvalue weighted by Crippen LogP contribution is -2.40. The molecule has 5 nitrogen and oxygen atoms in total. The molecule has 2 heterocycles. The Hall–Kier alpha value is -1.36. The van der Waals surface area contributed by atoms with Gasteiger partial charge in [-0.15, -0.1) is 0 Å². The van der Waals surface area contributed by atoms with Crippen molar-refractivity contribution in [1.82, 2.24) is 20.4 Å². The Morgan fingerprint density at radius 2 is 2.00 bits per heavy atom. The standard InChI is InChI=1S/C18H32N4O/c1-13-9-14(2)12-22(11-13)8-6-7-19-17(23)15-10-16(21-20-15)18(3,4)5/h10,13-14H,6-9,11-12H2,1-5H3,(H,19,23)(H,20,21). The maximum absolute atomic E-state index is 12.1. The zero-order chi connectivity index (χ0) is 17.0. The highest BCUT2D eigenvalue weighted by molar-refractivity contribution is 5.92. The molecule has 0 bridgehead atoms. The van der Waals surface area contributed by atoms with E-state index in [2.05, 4.69) is 55.0 Å². The number of aromatic amines is 1. The topological polar surface area (TPSA) is 61.0 Å². The number of H-pyrrole nitrogens is 1. The molecule has 0 aromatic carbocycles. The quantitative estimate of drug-likeness (QED) is 0.820. The minimum Gasteiger partial charge on any atom is -0.351 e. The molecule has 1 fully saturated rings. The zero-order valence-corrected chi connectivity index (χ0v) is 15.3. The molecule has 0 spiro atoms. The van der Waals surface area contributed by atoms with E-state index in [9.17, 15) is 4.79 Å². The number of likely N-dealkylation sites (tertiary alicyclic amines) is 1. The average molecular weight is 320 g/mol. The lowest BCUT2D eigenvalue weighted by atomic mass is 9.92. The number of piperidine rings is 1. The van der Waals surface area contributed by atoms with E-state index in [4.69, 9.17) is 0 Å². The van der Waals surface area contributed by atoms with Crippen LogP contribution in [0.4, 0.5) is 0 Å². The summed E-state index contributed by atoms with van der Waals surface area (Å²) in [5, 5.41) is 10.1. The second-order valence-electron chi connectivity index (χ2n) is 8.23. The van der Waals surface area contributed by atoms with Gasteiger partial charge in [0.1, 0.15) is 5.69 Å². The van der Waals surface area contributed by atoms with Crippen LogP contribution in [-0.2, 0) is 5.41 Å². The van der Waals surface area contributed by atoms with Crippen LogP contribution in [-0.4, -0.2) is 47.2 Å². The molecule has 1 saturated heterocycles. The Balaban J connectivity index is 1.72. The van der Waals surface area contributed by atoms with Crippen molar-refractivity contribution in [3.05, 3.63) is 17.5 Å². The Labute approximate surface area is 140 Å². The molecule has 23 heavy (non-hydrogen) atoms. The van der Waals surface area contributed by atoms with Gasteiger partial charge >= 0.3 is 0 Å². The van der Waals surface area contributed by atoms with Gasteiger partial charge in [-0.05, 0) is 37.3 Å². The number of hydrogen-bond acceptors (Lipinski definition) is 3. The summed E-state index contributed by atoms with van der Waals surface area (Å²) in [6.07, 6.45) is 2.32. The van der Waals surface area contributed by atoms with Crippen LogP contribution in [0.3, 0.4) is 0 Å². The molecule has 130 valence electrons. The fourth-order valence-corrected chi connectivity index (χ4v) is 3.39. The van der Waals surface area contributed by atoms with Crippen LogP contribution in [0.2, 0.25) is 0 Å². The van der Waals surface area contributed by atoms with Gasteiger partial charge in [-0.1, -0.05) is 34.6 Å². The SMILES string of the molecule is CC1CC(C)CN(CCCNC(=O)c2cc(C(C)(C)C)[nH]n2)C1. The van der Waals surface area contributed by atoms with Gasteiger partial charge in [-0.25, -0.2) is 0 Å². The van der Waals surface area contributed by atoms with E-state index in [1.165, 1.54) is 19.5 Å². The van der Waals surface area contributed by atoms with Gasteiger partial charge in [0.2, 0.25) is 0 Å². The number of carbonyl (C=O) groups is 1. The second kappa shape index (κ2) is 7.47. The van der Waals surface area contributed by atoms with Gasteiger partial charge in [0.25, 0.3) is 5.91 Å². The van der Waals surface area contributed by atoms with Crippen molar-refractivity contribution in [2.45, 2.75) is 52.9 Å². The number of nitrogens with one attached hydrogen (secondary N) is 2. The summed E-state index contributed by atoms with van der Waals surface area (Å²) >= 11 is 0. The summed E-state index contributed by atoms with van der Waals surface area (Å²) in [5.41, 5.74) is 1.45. The lowest BCUT2D eigenvalue weighted by molar-refractivity contribution is 0.0942. The van der Waals surface area contributed by atoms with Crippen molar-refractivity contribution in [3.8, 4) is 0 Å². The van der Waals surface area contributed by atoms with Crippen molar-refractivity contribution < 1.29 is 4.79 Å². The summed E-state index contributed by atoms with van der Waals surface area (Å²) in [5.74, 6) is 1.48. The molecule has 0 saturated carbocycles. The first-order valence-electron chi connectivity index (χ1n) is 8.82. The minimum atomic E-state index is -0.0860. The van der Waals surface area contributed by atoms with Crippen molar-refractivity contribution in [2.75, 3.05) is 26.2 Å². The summed E-state index contributed by atoms with van der Waals surface area (Å²) in [4.78, 5) is 14.7. The van der Waals surface area contributed by atoms with Crippen molar-refractivity contribution >= 4 is 5.91 Å². The van der Waals surface area contributed by atoms with Crippen molar-refractivity contribution in [3.63, 3.8) is 0 Å². The van der Waals surface area contributed by atoms with Crippen molar-refractivity contribution in [1.29, 1.82) is 0 Å². The van der Waals surface area contributed by atoms with E-state index < -0.39 is 0 Å². The van der Waals surface area contributed by atoms with Crippen LogP contribution in [0.1, 0.15) is 63.6 Å².